The molecule has 0 aromatic heterocycles. The minimum atomic E-state index is -1.57. The smallest absolute Gasteiger partial charge is 0.451 e. The summed E-state index contributed by atoms with van der Waals surface area (Å²) in [5.74, 6) is -1.99. The number of phenolic OH excluding ortho intramolecular Hbond substituents is 1. The molecule has 0 bridgehead atoms. The molecule has 1 saturated heterocycles. The molecule has 1 heterocycles. The van der Waals surface area contributed by atoms with Gasteiger partial charge in [0.25, 0.3) is 5.91 Å². The molecule has 3 rings (SSSR count). The number of benzene rings is 2. The minimum Gasteiger partial charge on any atom is -0.508 e. The summed E-state index contributed by atoms with van der Waals surface area (Å²) >= 11 is 0. The third-order valence-electron chi connectivity index (χ3n) is 4.98. The maximum atomic E-state index is 12.5. The zero-order valence-electron chi connectivity index (χ0n) is 16.3. The van der Waals surface area contributed by atoms with Gasteiger partial charge in [-0.3, -0.25) is 4.79 Å². The molecule has 1 aliphatic heterocycles. The van der Waals surface area contributed by atoms with Crippen LogP contribution in [0.2, 0.25) is 6.32 Å². The summed E-state index contributed by atoms with van der Waals surface area (Å²) in [6.07, 6.45) is -0.403. The number of aryl methyl sites for hydroxylation is 2. The minimum absolute atomic E-state index is 0.0223. The lowest BCUT2D eigenvalue weighted by Gasteiger charge is -2.39. The van der Waals surface area contributed by atoms with Crippen LogP contribution in [-0.2, 0) is 6.42 Å². The lowest BCUT2D eigenvalue weighted by molar-refractivity contribution is 0.0169. The molecule has 5 N–H and O–H groups in total. The molecular formula is C20H22BNO8. The lowest BCUT2D eigenvalue weighted by atomic mass is 9.82. The van der Waals surface area contributed by atoms with E-state index in [4.69, 9.17) is 14.8 Å². The average molecular weight is 415 g/mol. The second-order valence-corrected chi connectivity index (χ2v) is 7.22. The van der Waals surface area contributed by atoms with Crippen LogP contribution in [0.5, 0.6) is 17.2 Å². The van der Waals surface area contributed by atoms with Crippen LogP contribution < -0.4 is 4.74 Å². The summed E-state index contributed by atoms with van der Waals surface area (Å²) in [5.41, 5.74) is 0.882. The summed E-state index contributed by atoms with van der Waals surface area (Å²) in [4.78, 5) is 25.7. The Balaban J connectivity index is 1.67. The van der Waals surface area contributed by atoms with Gasteiger partial charge in [-0.1, -0.05) is 6.07 Å². The predicted molar refractivity (Wildman–Crippen MR) is 107 cm³/mol. The first-order valence-corrected chi connectivity index (χ1v) is 9.37. The zero-order valence-corrected chi connectivity index (χ0v) is 16.3. The van der Waals surface area contributed by atoms with Crippen LogP contribution in [0.4, 0.5) is 0 Å². The van der Waals surface area contributed by atoms with Gasteiger partial charge in [0.2, 0.25) is 0 Å². The number of carbonyl (C=O) groups excluding carboxylic acids is 1. The van der Waals surface area contributed by atoms with Gasteiger partial charge in [-0.25, -0.2) is 4.79 Å². The van der Waals surface area contributed by atoms with Crippen molar-refractivity contribution in [2.75, 3.05) is 13.1 Å². The van der Waals surface area contributed by atoms with Crippen LogP contribution in [-0.4, -0.2) is 68.5 Å². The molecule has 10 heteroatoms. The van der Waals surface area contributed by atoms with Crippen LogP contribution in [0.3, 0.4) is 0 Å². The van der Waals surface area contributed by atoms with E-state index in [0.29, 0.717) is 11.1 Å². The molecule has 1 aliphatic rings. The van der Waals surface area contributed by atoms with Crippen LogP contribution in [0.25, 0.3) is 0 Å². The molecule has 0 atom stereocenters. The zero-order chi connectivity index (χ0) is 22.0. The van der Waals surface area contributed by atoms with Gasteiger partial charge in [0, 0.05) is 5.56 Å². The number of aromatic carboxylic acids is 1. The van der Waals surface area contributed by atoms with Gasteiger partial charge in [-0.15, -0.1) is 0 Å². The molecule has 2 aromatic carbocycles. The van der Waals surface area contributed by atoms with E-state index in [1.54, 1.807) is 13.0 Å². The van der Waals surface area contributed by atoms with Crippen LogP contribution in [0.1, 0.15) is 31.8 Å². The maximum Gasteiger partial charge on any atom is 0.451 e. The third-order valence-corrected chi connectivity index (χ3v) is 4.98. The van der Waals surface area contributed by atoms with Gasteiger partial charge in [0.05, 0.1) is 13.1 Å². The highest BCUT2D eigenvalue weighted by molar-refractivity contribution is 6.41. The Morgan fingerprint density at radius 1 is 1.17 bits per heavy atom. The van der Waals surface area contributed by atoms with E-state index in [0.717, 1.165) is 0 Å². The number of carbonyl (C=O) groups is 2. The second kappa shape index (κ2) is 8.64. The van der Waals surface area contributed by atoms with E-state index in [1.807, 2.05) is 0 Å². The van der Waals surface area contributed by atoms with Crippen molar-refractivity contribution < 1.29 is 39.7 Å². The van der Waals surface area contributed by atoms with Crippen molar-refractivity contribution in [1.82, 2.24) is 4.90 Å². The number of phenols is 2. The number of carboxylic acids is 1. The molecule has 0 spiro atoms. The Kier molecular flexibility index (Phi) is 6.18. The van der Waals surface area contributed by atoms with Crippen molar-refractivity contribution in [3.63, 3.8) is 0 Å². The fourth-order valence-corrected chi connectivity index (χ4v) is 3.24. The van der Waals surface area contributed by atoms with E-state index in [1.165, 1.54) is 29.2 Å². The van der Waals surface area contributed by atoms with E-state index in [-0.39, 0.29) is 48.8 Å². The molecule has 1 fully saturated rings. The number of aromatic hydroxyl groups is 2. The number of nitrogens with zero attached hydrogens (tertiary/aromatic N) is 1. The van der Waals surface area contributed by atoms with Gasteiger partial charge in [0.15, 0.2) is 0 Å². The first-order valence-electron chi connectivity index (χ1n) is 9.37. The Labute approximate surface area is 172 Å². The van der Waals surface area contributed by atoms with Crippen molar-refractivity contribution in [1.29, 1.82) is 0 Å². The molecule has 0 radical (unpaired) electrons. The molecular weight excluding hydrogens is 393 g/mol. The first-order chi connectivity index (χ1) is 14.2. The van der Waals surface area contributed by atoms with Gasteiger partial charge in [0.1, 0.15) is 28.9 Å². The van der Waals surface area contributed by atoms with Crippen molar-refractivity contribution in [3.8, 4) is 17.2 Å². The number of ether oxygens (including phenoxy) is 1. The third kappa shape index (κ3) is 4.50. The lowest BCUT2D eigenvalue weighted by Crippen LogP contribution is -2.56. The SMILES string of the molecule is Cc1cc(C(=O)N2CC(Oc3ccc(CCB(O)O)c(O)c3C(=O)O)C2)ccc1O. The van der Waals surface area contributed by atoms with E-state index in [9.17, 15) is 24.9 Å². The fourth-order valence-electron chi connectivity index (χ4n) is 3.24. The number of amides is 1. The van der Waals surface area contributed by atoms with Gasteiger partial charge >= 0.3 is 13.1 Å². The Morgan fingerprint density at radius 3 is 2.47 bits per heavy atom. The van der Waals surface area contributed by atoms with Crippen molar-refractivity contribution >= 4 is 19.0 Å². The topological polar surface area (TPSA) is 148 Å². The van der Waals surface area contributed by atoms with Gasteiger partial charge in [-0.2, -0.15) is 0 Å². The van der Waals surface area contributed by atoms with E-state index in [2.05, 4.69) is 0 Å². The van der Waals surface area contributed by atoms with Crippen molar-refractivity contribution in [2.45, 2.75) is 25.8 Å². The molecule has 158 valence electrons. The quantitative estimate of drug-likeness (QED) is 0.421. The predicted octanol–water partition coefficient (Wildman–Crippen LogP) is 1.02. The molecule has 0 unspecified atom stereocenters. The van der Waals surface area contributed by atoms with Crippen LogP contribution in [0.15, 0.2) is 30.3 Å². The number of hydrogen-bond donors (Lipinski definition) is 5. The highest BCUT2D eigenvalue weighted by Gasteiger charge is 2.34. The number of hydrogen-bond acceptors (Lipinski definition) is 7. The van der Waals surface area contributed by atoms with E-state index >= 15 is 0 Å². The van der Waals surface area contributed by atoms with Crippen molar-refractivity contribution in [2.24, 2.45) is 0 Å². The Hall–Kier alpha value is -3.24. The molecule has 9 nitrogen and oxygen atoms in total. The van der Waals surface area contributed by atoms with Gasteiger partial charge in [-0.05, 0) is 55.1 Å². The van der Waals surface area contributed by atoms with E-state index < -0.39 is 30.5 Å². The molecule has 2 aromatic rings. The number of carboxylic acid groups (broad SMARTS) is 1. The molecule has 0 saturated carbocycles. The van der Waals surface area contributed by atoms with Crippen LogP contribution in [0, 0.1) is 6.92 Å². The monoisotopic (exact) mass is 415 g/mol. The molecule has 0 aliphatic carbocycles. The Bertz CT molecular complexity index is 972. The first kappa shape index (κ1) is 21.5. The Morgan fingerprint density at radius 2 is 1.87 bits per heavy atom. The average Bonchev–Trinajstić information content (AvgIpc) is 2.64. The number of likely N-dealkylation sites (tertiary alicyclic amines) is 1. The molecule has 30 heavy (non-hydrogen) atoms. The highest BCUT2D eigenvalue weighted by atomic mass is 16.5. The summed E-state index contributed by atoms with van der Waals surface area (Å²) < 4.78 is 5.69. The second-order valence-electron chi connectivity index (χ2n) is 7.22. The van der Waals surface area contributed by atoms with Crippen LogP contribution >= 0.6 is 0 Å². The highest BCUT2D eigenvalue weighted by Crippen LogP contribution is 2.34. The van der Waals surface area contributed by atoms with Crippen molar-refractivity contribution in [3.05, 3.63) is 52.6 Å². The summed E-state index contributed by atoms with van der Waals surface area (Å²) in [6.45, 7) is 2.19. The fraction of sp³-hybridized carbons (Fsp3) is 0.300. The summed E-state index contributed by atoms with van der Waals surface area (Å²) in [6, 6.07) is 7.46. The largest absolute Gasteiger partial charge is 0.508 e. The summed E-state index contributed by atoms with van der Waals surface area (Å²) in [7, 11) is -1.57. The standard InChI is InChI=1S/C20H22BNO8/c1-11-8-13(2-4-15(11)23)19(25)22-9-14(10-22)30-16-5-3-12(6-7-21(28)29)18(24)17(16)20(26)27/h2-5,8,14,23-24,28-29H,6-7,9-10H2,1H3,(H,26,27). The molecule has 1 amide bonds. The summed E-state index contributed by atoms with van der Waals surface area (Å²) in [5, 5.41) is 47.3. The van der Waals surface area contributed by atoms with Gasteiger partial charge < -0.3 is 35.0 Å². The number of rotatable bonds is 7. The maximum absolute atomic E-state index is 12.5. The normalized spacial score (nSPS) is 13.6.